The zero-order chi connectivity index (χ0) is 12.1. The van der Waals surface area contributed by atoms with Crippen LogP contribution in [0.5, 0.6) is 0 Å². The summed E-state index contributed by atoms with van der Waals surface area (Å²) >= 11 is 0. The van der Waals surface area contributed by atoms with E-state index in [0.717, 1.165) is 0 Å². The molecule has 0 radical (unpaired) electrons. The summed E-state index contributed by atoms with van der Waals surface area (Å²) in [6.45, 7) is 4.98. The topological polar surface area (TPSA) is 83.5 Å². The zero-order valence-corrected chi connectivity index (χ0v) is 10.2. The molecule has 90 valence electrons. The van der Waals surface area contributed by atoms with Gasteiger partial charge in [0.2, 0.25) is 10.0 Å². The minimum absolute atomic E-state index is 0.0316. The van der Waals surface area contributed by atoms with Crippen molar-refractivity contribution in [2.45, 2.75) is 33.6 Å². The first-order valence-corrected chi connectivity index (χ1v) is 6.69. The van der Waals surface area contributed by atoms with Crippen LogP contribution in [0.3, 0.4) is 0 Å². The minimum Gasteiger partial charge on any atom is -0.481 e. The maximum Gasteiger partial charge on any atom is 0.310 e. The molecule has 0 aromatic heterocycles. The van der Waals surface area contributed by atoms with Crippen molar-refractivity contribution in [2.24, 2.45) is 5.41 Å². The van der Waals surface area contributed by atoms with Gasteiger partial charge >= 0.3 is 5.97 Å². The van der Waals surface area contributed by atoms with Crippen molar-refractivity contribution in [3.05, 3.63) is 0 Å². The van der Waals surface area contributed by atoms with Crippen molar-refractivity contribution in [2.75, 3.05) is 12.3 Å². The van der Waals surface area contributed by atoms with E-state index in [-0.39, 0.29) is 12.3 Å². The van der Waals surface area contributed by atoms with Gasteiger partial charge in [-0.2, -0.15) is 0 Å². The predicted octanol–water partition coefficient (Wildman–Crippen LogP) is 0.817. The highest BCUT2D eigenvalue weighted by atomic mass is 32.2. The van der Waals surface area contributed by atoms with Crippen molar-refractivity contribution in [3.63, 3.8) is 0 Å². The maximum atomic E-state index is 11.2. The zero-order valence-electron chi connectivity index (χ0n) is 9.41. The molecule has 0 aliphatic heterocycles. The van der Waals surface area contributed by atoms with Gasteiger partial charge in [-0.1, -0.05) is 13.8 Å². The summed E-state index contributed by atoms with van der Waals surface area (Å²) in [7, 11) is -3.32. The molecule has 0 aromatic carbocycles. The largest absolute Gasteiger partial charge is 0.481 e. The fourth-order valence-corrected chi connectivity index (χ4v) is 1.93. The number of aliphatic carboxylic acids is 1. The second-order valence-electron chi connectivity index (χ2n) is 3.52. The maximum absolute atomic E-state index is 11.2. The monoisotopic (exact) mass is 237 g/mol. The van der Waals surface area contributed by atoms with Crippen LogP contribution < -0.4 is 4.72 Å². The Labute approximate surface area is 90.9 Å². The van der Waals surface area contributed by atoms with Gasteiger partial charge in [-0.15, -0.1) is 0 Å². The summed E-state index contributed by atoms with van der Waals surface area (Å²) in [6, 6.07) is 0. The normalized spacial score (nSPS) is 12.7. The third kappa shape index (κ3) is 3.79. The third-order valence-electron chi connectivity index (χ3n) is 2.82. The van der Waals surface area contributed by atoms with Crippen LogP contribution in [0.2, 0.25) is 0 Å². The number of carbonyl (C=O) groups is 1. The van der Waals surface area contributed by atoms with Gasteiger partial charge in [-0.25, -0.2) is 13.1 Å². The van der Waals surface area contributed by atoms with Gasteiger partial charge in [0.15, 0.2) is 0 Å². The van der Waals surface area contributed by atoms with Gasteiger partial charge in [0.1, 0.15) is 0 Å². The van der Waals surface area contributed by atoms with Crippen molar-refractivity contribution >= 4 is 16.0 Å². The number of nitrogens with one attached hydrogen (secondary N) is 1. The molecule has 0 bridgehead atoms. The molecule has 0 amide bonds. The lowest BCUT2D eigenvalue weighted by Crippen LogP contribution is -2.42. The molecule has 0 saturated heterocycles. The highest BCUT2D eigenvalue weighted by molar-refractivity contribution is 7.89. The summed E-state index contributed by atoms with van der Waals surface area (Å²) in [5.74, 6) is -0.984. The molecule has 15 heavy (non-hydrogen) atoms. The SMILES string of the molecule is CCC(CC)(CNS(=O)(=O)CC)C(=O)O. The predicted molar refractivity (Wildman–Crippen MR) is 58.1 cm³/mol. The molecule has 0 aliphatic rings. The molecular weight excluding hydrogens is 218 g/mol. The second-order valence-corrected chi connectivity index (χ2v) is 5.61. The van der Waals surface area contributed by atoms with Crippen molar-refractivity contribution in [3.8, 4) is 0 Å². The number of sulfonamides is 1. The van der Waals surface area contributed by atoms with E-state index in [0.29, 0.717) is 12.8 Å². The average molecular weight is 237 g/mol. The summed E-state index contributed by atoms with van der Waals surface area (Å²) in [5, 5.41) is 9.06. The molecule has 0 rings (SSSR count). The first-order chi connectivity index (χ1) is 6.83. The first kappa shape index (κ1) is 14.4. The average Bonchev–Trinajstić information content (AvgIpc) is 2.20. The molecule has 0 aliphatic carbocycles. The van der Waals surface area contributed by atoms with Crippen LogP contribution in [0.4, 0.5) is 0 Å². The number of hydrogen-bond donors (Lipinski definition) is 2. The molecule has 0 heterocycles. The Bertz CT molecular complexity index is 306. The van der Waals surface area contributed by atoms with E-state index in [1.807, 2.05) is 0 Å². The van der Waals surface area contributed by atoms with Crippen LogP contribution in [0.1, 0.15) is 33.6 Å². The summed E-state index contributed by atoms with van der Waals surface area (Å²) < 4.78 is 24.7. The smallest absolute Gasteiger partial charge is 0.310 e. The lowest BCUT2D eigenvalue weighted by molar-refractivity contribution is -0.149. The second kappa shape index (κ2) is 5.46. The van der Waals surface area contributed by atoms with Crippen LogP contribution in [-0.2, 0) is 14.8 Å². The third-order valence-corrected chi connectivity index (χ3v) is 4.16. The Morgan fingerprint density at radius 3 is 2.00 bits per heavy atom. The Balaban J connectivity index is 4.65. The molecule has 0 aromatic rings. The van der Waals surface area contributed by atoms with E-state index in [1.165, 1.54) is 6.92 Å². The lowest BCUT2D eigenvalue weighted by atomic mass is 9.83. The fourth-order valence-electron chi connectivity index (χ4n) is 1.23. The Morgan fingerprint density at radius 1 is 1.27 bits per heavy atom. The molecular formula is C9H19NO4S. The van der Waals surface area contributed by atoms with Gasteiger partial charge in [0.05, 0.1) is 11.2 Å². The van der Waals surface area contributed by atoms with Crippen LogP contribution in [0, 0.1) is 5.41 Å². The van der Waals surface area contributed by atoms with Gasteiger partial charge in [0.25, 0.3) is 0 Å². The van der Waals surface area contributed by atoms with Crippen molar-refractivity contribution < 1.29 is 18.3 Å². The molecule has 0 unspecified atom stereocenters. The van der Waals surface area contributed by atoms with Crippen LogP contribution in [0.15, 0.2) is 0 Å². The van der Waals surface area contributed by atoms with E-state index < -0.39 is 21.4 Å². The Hall–Kier alpha value is -0.620. The highest BCUT2D eigenvalue weighted by Crippen LogP contribution is 2.25. The van der Waals surface area contributed by atoms with Gasteiger partial charge in [0, 0.05) is 6.54 Å². The number of carboxylic acids is 1. The first-order valence-electron chi connectivity index (χ1n) is 5.04. The number of rotatable bonds is 7. The number of carboxylic acid groups (broad SMARTS) is 1. The quantitative estimate of drug-likeness (QED) is 0.686. The lowest BCUT2D eigenvalue weighted by Gasteiger charge is -2.26. The van der Waals surface area contributed by atoms with Crippen molar-refractivity contribution in [1.29, 1.82) is 0 Å². The fraction of sp³-hybridized carbons (Fsp3) is 0.889. The van der Waals surface area contributed by atoms with Crippen LogP contribution in [0.25, 0.3) is 0 Å². The van der Waals surface area contributed by atoms with Crippen LogP contribution in [-0.4, -0.2) is 31.8 Å². The van der Waals surface area contributed by atoms with Gasteiger partial charge in [-0.05, 0) is 19.8 Å². The highest BCUT2D eigenvalue weighted by Gasteiger charge is 2.35. The summed E-state index contributed by atoms with van der Waals surface area (Å²) in [4.78, 5) is 11.1. The molecule has 5 nitrogen and oxygen atoms in total. The van der Waals surface area contributed by atoms with E-state index in [2.05, 4.69) is 4.72 Å². The van der Waals surface area contributed by atoms with Gasteiger partial charge in [-0.3, -0.25) is 4.79 Å². The molecule has 0 saturated carbocycles. The standard InChI is InChI=1S/C9H19NO4S/c1-4-9(5-2,8(11)12)7-10-15(13,14)6-3/h10H,4-7H2,1-3H3,(H,11,12). The van der Waals surface area contributed by atoms with E-state index in [1.54, 1.807) is 13.8 Å². The van der Waals surface area contributed by atoms with Crippen LogP contribution >= 0.6 is 0 Å². The molecule has 0 spiro atoms. The Morgan fingerprint density at radius 2 is 1.73 bits per heavy atom. The summed E-state index contributed by atoms with van der Waals surface area (Å²) in [5.41, 5.74) is -0.984. The molecule has 0 atom stereocenters. The van der Waals surface area contributed by atoms with E-state index in [4.69, 9.17) is 5.11 Å². The van der Waals surface area contributed by atoms with Gasteiger partial charge < -0.3 is 5.11 Å². The molecule has 2 N–H and O–H groups in total. The molecule has 0 fully saturated rings. The van der Waals surface area contributed by atoms with Crippen molar-refractivity contribution in [1.82, 2.24) is 4.72 Å². The number of hydrogen-bond acceptors (Lipinski definition) is 3. The van der Waals surface area contributed by atoms with E-state index >= 15 is 0 Å². The Kier molecular flexibility index (Phi) is 5.23. The minimum atomic E-state index is -3.32. The molecule has 6 heteroatoms. The summed E-state index contributed by atoms with van der Waals surface area (Å²) in [6.07, 6.45) is 0.816. The van der Waals surface area contributed by atoms with E-state index in [9.17, 15) is 13.2 Å².